The van der Waals surface area contributed by atoms with Gasteiger partial charge in [-0.1, -0.05) is 0 Å². The van der Waals surface area contributed by atoms with Gasteiger partial charge in [0.25, 0.3) is 0 Å². The minimum atomic E-state index is -0.999. The Bertz CT molecular complexity index is 336. The van der Waals surface area contributed by atoms with Crippen LogP contribution in [0.3, 0.4) is 0 Å². The number of unbranched alkanes of at least 4 members (excludes halogenated alkanes) is 2. The van der Waals surface area contributed by atoms with Crippen molar-refractivity contribution < 1.29 is 0 Å². The summed E-state index contributed by atoms with van der Waals surface area (Å²) >= 11 is -0.999. The third kappa shape index (κ3) is 4.20. The fourth-order valence-electron chi connectivity index (χ4n) is 3.47. The van der Waals surface area contributed by atoms with Crippen molar-refractivity contribution in [3.05, 3.63) is 48.6 Å². The van der Waals surface area contributed by atoms with Gasteiger partial charge in [0.05, 0.1) is 0 Å². The molecule has 0 aromatic heterocycles. The summed E-state index contributed by atoms with van der Waals surface area (Å²) < 4.78 is 1.04. The number of rotatable bonds is 8. The Morgan fingerprint density at radius 1 is 0.684 bits per heavy atom. The number of hydrogen-bond acceptors (Lipinski definition) is 0. The summed E-state index contributed by atoms with van der Waals surface area (Å²) in [6, 6.07) is 0. The first kappa shape index (κ1) is 15.8. The number of hydrogen-bond donors (Lipinski definition) is 0. The van der Waals surface area contributed by atoms with Gasteiger partial charge in [-0.15, -0.1) is 0 Å². The summed E-state index contributed by atoms with van der Waals surface area (Å²) in [7, 11) is 0. The molecule has 0 saturated heterocycles. The molecule has 2 aliphatic rings. The Balaban J connectivity index is 2.10. The third-order valence-corrected chi connectivity index (χ3v) is 11.9. The van der Waals surface area contributed by atoms with Crippen molar-refractivity contribution in [2.45, 2.75) is 53.1 Å². The molecule has 0 N–H and O–H groups in total. The zero-order valence-corrected chi connectivity index (χ0v) is 16.0. The summed E-state index contributed by atoms with van der Waals surface area (Å²) in [5.41, 5.74) is 0. The second kappa shape index (κ2) is 7.45. The van der Waals surface area contributed by atoms with Crippen LogP contribution in [0, 0.1) is 0 Å². The van der Waals surface area contributed by atoms with E-state index in [0.29, 0.717) is 0.772 Å². The first-order valence-electron chi connectivity index (χ1n) is 7.98. The van der Waals surface area contributed by atoms with Crippen molar-refractivity contribution in [3.8, 4) is 0 Å². The molecule has 19 heavy (non-hydrogen) atoms. The van der Waals surface area contributed by atoms with Crippen LogP contribution in [0.1, 0.15) is 52.4 Å². The maximum absolute atomic E-state index is 2.53. The molecule has 0 unspecified atom stereocenters. The van der Waals surface area contributed by atoms with Crippen molar-refractivity contribution in [2.24, 2.45) is 0 Å². The van der Waals surface area contributed by atoms with E-state index in [9.17, 15) is 0 Å². The van der Waals surface area contributed by atoms with Crippen molar-refractivity contribution in [3.63, 3.8) is 0 Å². The maximum atomic E-state index is 2.53. The van der Waals surface area contributed by atoms with E-state index < -0.39 is 41.0 Å². The number of allylic oxidation sites excluding steroid dienone is 8. The van der Waals surface area contributed by atoms with E-state index in [0.717, 1.165) is 0 Å². The molecule has 0 amide bonds. The average Bonchev–Trinajstić information content (AvgIpc) is 3.05. The van der Waals surface area contributed by atoms with Gasteiger partial charge in [0.15, 0.2) is 0 Å². The fraction of sp³-hybridized carbons (Fsp3) is 0.556. The summed E-state index contributed by atoms with van der Waals surface area (Å²) in [6.07, 6.45) is 27.5. The van der Waals surface area contributed by atoms with Gasteiger partial charge in [0.1, 0.15) is 0 Å². The van der Waals surface area contributed by atoms with E-state index in [1.54, 1.807) is 0 Å². The van der Waals surface area contributed by atoms with Crippen molar-refractivity contribution in [1.82, 2.24) is 0 Å². The molecule has 0 aliphatic heterocycles. The molecule has 1 heteroatoms. The Kier molecular flexibility index (Phi) is 6.20. The van der Waals surface area contributed by atoms with Gasteiger partial charge in [-0.25, -0.2) is 0 Å². The normalized spacial score (nSPS) is 21.2. The van der Waals surface area contributed by atoms with Gasteiger partial charge in [-0.3, -0.25) is 0 Å². The molecule has 0 nitrogen and oxygen atoms in total. The quantitative estimate of drug-likeness (QED) is 0.505. The van der Waals surface area contributed by atoms with Crippen molar-refractivity contribution >= 4 is 41.0 Å². The average molecular weight is 330 g/mol. The van der Waals surface area contributed by atoms with Crippen LogP contribution in [0.5, 0.6) is 0 Å². The summed E-state index contributed by atoms with van der Waals surface area (Å²) in [5, 5.41) is 0. The SMILES string of the molecule is CCCC[C]1([Sr][C]2(CCCC)C=CC=C2)C=CC=C1. The molecular formula is C18H26Sr. The van der Waals surface area contributed by atoms with Gasteiger partial charge in [-0.2, -0.15) is 0 Å². The van der Waals surface area contributed by atoms with E-state index in [-0.39, 0.29) is 0 Å². The van der Waals surface area contributed by atoms with E-state index in [1.807, 2.05) is 0 Å². The van der Waals surface area contributed by atoms with Crippen LogP contribution in [0.15, 0.2) is 48.6 Å². The molecule has 0 bridgehead atoms. The molecule has 0 heterocycles. The fourth-order valence-corrected chi connectivity index (χ4v) is 11.1. The second-order valence-corrected chi connectivity index (χ2v) is 13.6. The van der Waals surface area contributed by atoms with Crippen LogP contribution >= 0.6 is 0 Å². The predicted octanol–water partition coefficient (Wildman–Crippen LogP) is 5.64. The first-order chi connectivity index (χ1) is 9.24. The Labute approximate surface area is 141 Å². The van der Waals surface area contributed by atoms with Crippen LogP contribution in [-0.4, -0.2) is 41.0 Å². The Morgan fingerprint density at radius 3 is 1.37 bits per heavy atom. The molecular weight excluding hydrogens is 304 g/mol. The summed E-state index contributed by atoms with van der Waals surface area (Å²) in [4.78, 5) is 0. The van der Waals surface area contributed by atoms with Crippen LogP contribution in [0.4, 0.5) is 0 Å². The Hall–Kier alpha value is 0.441. The van der Waals surface area contributed by atoms with E-state index in [1.165, 1.54) is 38.5 Å². The molecule has 0 saturated carbocycles. The second-order valence-electron chi connectivity index (χ2n) is 6.29. The van der Waals surface area contributed by atoms with Crippen LogP contribution in [-0.2, 0) is 0 Å². The molecule has 2 aliphatic carbocycles. The summed E-state index contributed by atoms with van der Waals surface area (Å²) in [6.45, 7) is 4.63. The van der Waals surface area contributed by atoms with Crippen LogP contribution in [0.25, 0.3) is 0 Å². The van der Waals surface area contributed by atoms with Gasteiger partial charge in [0.2, 0.25) is 0 Å². The molecule has 0 spiro atoms. The van der Waals surface area contributed by atoms with Crippen molar-refractivity contribution in [2.75, 3.05) is 0 Å². The van der Waals surface area contributed by atoms with E-state index in [4.69, 9.17) is 0 Å². The summed E-state index contributed by atoms with van der Waals surface area (Å²) in [5.74, 6) is 0. The first-order valence-corrected chi connectivity index (χ1v) is 11.5. The van der Waals surface area contributed by atoms with Gasteiger partial charge in [-0.05, 0) is 0 Å². The predicted molar refractivity (Wildman–Crippen MR) is 86.8 cm³/mol. The minimum absolute atomic E-state index is 0.518. The molecule has 2 rings (SSSR count). The van der Waals surface area contributed by atoms with Gasteiger partial charge >= 0.3 is 143 Å². The van der Waals surface area contributed by atoms with E-state index >= 15 is 0 Å². The monoisotopic (exact) mass is 330 g/mol. The van der Waals surface area contributed by atoms with Crippen LogP contribution in [0.2, 0.25) is 0.772 Å². The molecule has 100 valence electrons. The van der Waals surface area contributed by atoms with E-state index in [2.05, 4.69) is 62.5 Å². The standard InChI is InChI=1S/2C9H13.Sr/c2*1-2-3-6-9-7-4-5-8-9;/h2*4-5,7-8H,2-3,6H2,1H3;. The molecule has 0 atom stereocenters. The molecule has 0 aromatic carbocycles. The van der Waals surface area contributed by atoms with Crippen molar-refractivity contribution in [1.29, 1.82) is 0 Å². The molecule has 0 radical (unpaired) electrons. The topological polar surface area (TPSA) is 0 Å². The Morgan fingerprint density at radius 2 is 1.05 bits per heavy atom. The molecule has 0 fully saturated rings. The van der Waals surface area contributed by atoms with Gasteiger partial charge in [0, 0.05) is 0 Å². The van der Waals surface area contributed by atoms with Crippen LogP contribution < -0.4 is 0 Å². The zero-order chi connectivity index (χ0) is 13.6. The zero-order valence-electron chi connectivity index (χ0n) is 12.6. The molecule has 0 aromatic rings. The van der Waals surface area contributed by atoms with Gasteiger partial charge < -0.3 is 0 Å². The third-order valence-electron chi connectivity index (χ3n) is 4.58.